The minimum Gasteiger partial charge on any atom is -0.366 e. The molecule has 0 heterocycles. The van der Waals surface area contributed by atoms with Gasteiger partial charge in [-0.15, -0.1) is 0 Å². The topological polar surface area (TPSA) is 43.1 Å². The summed E-state index contributed by atoms with van der Waals surface area (Å²) in [5.74, 6) is -0.326. The molecule has 0 radical (unpaired) electrons. The standard InChI is InChI=1S/C15H17NO/c1-3-10-9-11-7-5-6-8-13(11)14(15(16)17)12(10)4-2/h5-9H,3-4H2,1-2H3,(H2,16,17). The van der Waals surface area contributed by atoms with Crippen molar-refractivity contribution in [1.29, 1.82) is 0 Å². The second kappa shape index (κ2) is 4.58. The lowest BCUT2D eigenvalue weighted by atomic mass is 9.91. The van der Waals surface area contributed by atoms with Gasteiger partial charge in [0.15, 0.2) is 0 Å². The Morgan fingerprint density at radius 2 is 1.88 bits per heavy atom. The first-order chi connectivity index (χ1) is 8.19. The quantitative estimate of drug-likeness (QED) is 0.860. The molecule has 2 heteroatoms. The van der Waals surface area contributed by atoms with Gasteiger partial charge in [0.1, 0.15) is 0 Å². The maximum Gasteiger partial charge on any atom is 0.249 e. The molecule has 0 atom stereocenters. The highest BCUT2D eigenvalue weighted by Gasteiger charge is 2.14. The molecule has 0 aliphatic heterocycles. The Morgan fingerprint density at radius 1 is 1.18 bits per heavy atom. The summed E-state index contributed by atoms with van der Waals surface area (Å²) in [6.45, 7) is 4.17. The van der Waals surface area contributed by atoms with Gasteiger partial charge in [0.05, 0.1) is 5.56 Å². The van der Waals surface area contributed by atoms with Gasteiger partial charge in [0, 0.05) is 0 Å². The Balaban J connectivity index is 2.90. The Morgan fingerprint density at radius 3 is 2.47 bits per heavy atom. The van der Waals surface area contributed by atoms with Crippen molar-refractivity contribution in [3.8, 4) is 0 Å². The van der Waals surface area contributed by atoms with E-state index < -0.39 is 0 Å². The number of aryl methyl sites for hydroxylation is 1. The van der Waals surface area contributed by atoms with E-state index in [-0.39, 0.29) is 5.91 Å². The number of hydrogen-bond donors (Lipinski definition) is 1. The first-order valence-corrected chi connectivity index (χ1v) is 6.02. The van der Waals surface area contributed by atoms with E-state index in [1.165, 1.54) is 5.56 Å². The number of nitrogens with two attached hydrogens (primary N) is 1. The summed E-state index contributed by atoms with van der Waals surface area (Å²) in [5, 5.41) is 2.06. The van der Waals surface area contributed by atoms with Crippen molar-refractivity contribution in [2.45, 2.75) is 26.7 Å². The van der Waals surface area contributed by atoms with Crippen molar-refractivity contribution < 1.29 is 4.79 Å². The van der Waals surface area contributed by atoms with Gasteiger partial charge < -0.3 is 5.73 Å². The molecule has 0 fully saturated rings. The van der Waals surface area contributed by atoms with Crippen LogP contribution >= 0.6 is 0 Å². The average molecular weight is 227 g/mol. The number of rotatable bonds is 3. The van der Waals surface area contributed by atoms with E-state index >= 15 is 0 Å². The smallest absolute Gasteiger partial charge is 0.249 e. The minimum absolute atomic E-state index is 0.326. The van der Waals surface area contributed by atoms with Crippen molar-refractivity contribution >= 4 is 16.7 Å². The summed E-state index contributed by atoms with van der Waals surface area (Å²) >= 11 is 0. The summed E-state index contributed by atoms with van der Waals surface area (Å²) < 4.78 is 0. The van der Waals surface area contributed by atoms with Crippen LogP contribution in [0.3, 0.4) is 0 Å². The fourth-order valence-electron chi connectivity index (χ4n) is 2.45. The highest BCUT2D eigenvalue weighted by Crippen LogP contribution is 2.26. The van der Waals surface area contributed by atoms with Crippen LogP contribution in [0, 0.1) is 0 Å². The maximum absolute atomic E-state index is 11.7. The van der Waals surface area contributed by atoms with E-state index in [0.717, 1.165) is 29.2 Å². The number of primary amides is 1. The summed E-state index contributed by atoms with van der Waals surface area (Å²) in [7, 11) is 0. The highest BCUT2D eigenvalue weighted by molar-refractivity contribution is 6.08. The Labute approximate surface area is 101 Å². The molecule has 2 aromatic carbocycles. The zero-order valence-corrected chi connectivity index (χ0v) is 10.3. The monoisotopic (exact) mass is 227 g/mol. The molecule has 0 aromatic heterocycles. The van der Waals surface area contributed by atoms with Gasteiger partial charge in [-0.05, 0) is 34.7 Å². The number of fused-ring (bicyclic) bond motifs is 1. The molecule has 1 amide bonds. The van der Waals surface area contributed by atoms with Crippen LogP contribution < -0.4 is 5.73 Å². The van der Waals surface area contributed by atoms with Crippen molar-refractivity contribution in [2.75, 3.05) is 0 Å². The first-order valence-electron chi connectivity index (χ1n) is 6.02. The third kappa shape index (κ3) is 1.91. The summed E-state index contributed by atoms with van der Waals surface area (Å²) in [6, 6.07) is 10.1. The van der Waals surface area contributed by atoms with Crippen LogP contribution in [0.1, 0.15) is 35.3 Å². The maximum atomic E-state index is 11.7. The van der Waals surface area contributed by atoms with E-state index in [2.05, 4.69) is 19.9 Å². The Kier molecular flexibility index (Phi) is 3.14. The normalized spacial score (nSPS) is 10.7. The van der Waals surface area contributed by atoms with Gasteiger partial charge in [-0.2, -0.15) is 0 Å². The highest BCUT2D eigenvalue weighted by atomic mass is 16.1. The minimum atomic E-state index is -0.326. The predicted octanol–water partition coefficient (Wildman–Crippen LogP) is 3.06. The third-order valence-corrected chi connectivity index (χ3v) is 3.23. The van der Waals surface area contributed by atoms with Crippen LogP contribution in [-0.2, 0) is 12.8 Å². The van der Waals surface area contributed by atoms with Crippen LogP contribution in [-0.4, -0.2) is 5.91 Å². The second-order valence-corrected chi connectivity index (χ2v) is 4.18. The predicted molar refractivity (Wildman–Crippen MR) is 71.2 cm³/mol. The number of hydrogen-bond acceptors (Lipinski definition) is 1. The van der Waals surface area contributed by atoms with Crippen molar-refractivity contribution in [2.24, 2.45) is 5.73 Å². The van der Waals surface area contributed by atoms with Crippen LogP contribution in [0.15, 0.2) is 30.3 Å². The molecule has 0 saturated heterocycles. The number of benzene rings is 2. The van der Waals surface area contributed by atoms with Crippen LogP contribution in [0.25, 0.3) is 10.8 Å². The second-order valence-electron chi connectivity index (χ2n) is 4.18. The molecule has 17 heavy (non-hydrogen) atoms. The lowest BCUT2D eigenvalue weighted by Crippen LogP contribution is -2.15. The number of carbonyl (C=O) groups excluding carboxylic acids is 1. The Bertz CT molecular complexity index is 572. The van der Waals surface area contributed by atoms with E-state index in [4.69, 9.17) is 5.73 Å². The molecule has 0 saturated carbocycles. The molecule has 2 rings (SSSR count). The largest absolute Gasteiger partial charge is 0.366 e. The summed E-state index contributed by atoms with van der Waals surface area (Å²) in [4.78, 5) is 11.7. The molecule has 0 spiro atoms. The third-order valence-electron chi connectivity index (χ3n) is 3.23. The van der Waals surface area contributed by atoms with E-state index in [9.17, 15) is 4.79 Å². The van der Waals surface area contributed by atoms with Gasteiger partial charge in [-0.3, -0.25) is 4.79 Å². The molecule has 0 aliphatic rings. The molecule has 0 unspecified atom stereocenters. The van der Waals surface area contributed by atoms with Gasteiger partial charge >= 0.3 is 0 Å². The average Bonchev–Trinajstić information content (AvgIpc) is 2.35. The van der Waals surface area contributed by atoms with Gasteiger partial charge in [0.2, 0.25) is 5.91 Å². The van der Waals surface area contributed by atoms with Gasteiger partial charge in [0.25, 0.3) is 0 Å². The van der Waals surface area contributed by atoms with Crippen molar-refractivity contribution in [3.05, 3.63) is 47.0 Å². The van der Waals surface area contributed by atoms with Gasteiger partial charge in [-0.1, -0.05) is 44.2 Å². The lowest BCUT2D eigenvalue weighted by Gasteiger charge is -2.14. The van der Waals surface area contributed by atoms with Crippen LogP contribution in [0.4, 0.5) is 0 Å². The molecular formula is C15H17NO. The van der Waals surface area contributed by atoms with E-state index in [1.807, 2.05) is 24.3 Å². The fourth-order valence-corrected chi connectivity index (χ4v) is 2.45. The van der Waals surface area contributed by atoms with Crippen molar-refractivity contribution in [3.63, 3.8) is 0 Å². The van der Waals surface area contributed by atoms with Crippen molar-refractivity contribution in [1.82, 2.24) is 0 Å². The van der Waals surface area contributed by atoms with E-state index in [0.29, 0.717) is 5.56 Å². The molecule has 2 aromatic rings. The Hall–Kier alpha value is -1.83. The number of amides is 1. The van der Waals surface area contributed by atoms with Crippen LogP contribution in [0.2, 0.25) is 0 Å². The molecule has 0 aliphatic carbocycles. The molecule has 2 nitrogen and oxygen atoms in total. The lowest BCUT2D eigenvalue weighted by molar-refractivity contribution is 0.100. The molecule has 88 valence electrons. The molecule has 2 N–H and O–H groups in total. The molecular weight excluding hydrogens is 210 g/mol. The molecule has 0 bridgehead atoms. The summed E-state index contributed by atoms with van der Waals surface area (Å²) in [6.07, 6.45) is 1.76. The first kappa shape index (κ1) is 11.6. The zero-order valence-electron chi connectivity index (χ0n) is 10.3. The summed E-state index contributed by atoms with van der Waals surface area (Å²) in [5.41, 5.74) is 8.56. The van der Waals surface area contributed by atoms with Crippen LogP contribution in [0.5, 0.6) is 0 Å². The SMILES string of the molecule is CCc1cc2ccccc2c(C(N)=O)c1CC. The van der Waals surface area contributed by atoms with E-state index in [1.54, 1.807) is 0 Å². The van der Waals surface area contributed by atoms with Gasteiger partial charge in [-0.25, -0.2) is 0 Å². The number of carbonyl (C=O) groups is 1. The fraction of sp³-hybridized carbons (Fsp3) is 0.267. The zero-order chi connectivity index (χ0) is 12.4.